The fraction of sp³-hybridized carbons (Fsp3) is 0.375. The first-order valence-corrected chi connectivity index (χ1v) is 11.2. The number of hydrogen-bond acceptors (Lipinski definition) is 6. The Balaban J connectivity index is 1.61. The zero-order valence-corrected chi connectivity index (χ0v) is 19.1. The van der Waals surface area contributed by atoms with Gasteiger partial charge in [0.05, 0.1) is 5.69 Å². The highest BCUT2D eigenvalue weighted by atomic mass is 16.5. The maximum Gasteiger partial charge on any atom is 0.354 e. The van der Waals surface area contributed by atoms with Crippen LogP contribution >= 0.6 is 0 Å². The molecule has 0 unspecified atom stereocenters. The standard InChI is InChI=1S/C24H27N5O5/c1-15-6-8-16(9-7-15)14-29-22(27-23(32)28(2)24(29)33)25-17-10-12-18(13-11-17)34-20-5-3-4-19(26-20)21(30)31/h3-5,10-13,15-16H,6-9,14H2,1-2H3,(H,30,31)(H,25,27,32)/t15-,16-. The molecule has 1 aromatic carbocycles. The molecule has 1 fully saturated rings. The lowest BCUT2D eigenvalue weighted by atomic mass is 9.83. The van der Waals surface area contributed by atoms with E-state index < -0.39 is 17.3 Å². The second kappa shape index (κ2) is 9.90. The van der Waals surface area contributed by atoms with Crippen LogP contribution in [0.3, 0.4) is 0 Å². The topological polar surface area (TPSA) is 132 Å². The van der Waals surface area contributed by atoms with Gasteiger partial charge in [0, 0.05) is 19.7 Å². The van der Waals surface area contributed by atoms with E-state index in [-0.39, 0.29) is 17.2 Å². The minimum absolute atomic E-state index is 0.115. The molecule has 0 bridgehead atoms. The van der Waals surface area contributed by atoms with Gasteiger partial charge in [-0.15, -0.1) is 0 Å². The normalized spacial score (nSPS) is 18.6. The Kier molecular flexibility index (Phi) is 6.76. The summed E-state index contributed by atoms with van der Waals surface area (Å²) in [5.41, 5.74) is -0.312. The lowest BCUT2D eigenvalue weighted by molar-refractivity contribution is 0.0689. The highest BCUT2D eigenvalue weighted by Crippen LogP contribution is 2.28. The number of aromatic amines is 1. The number of H-pyrrole nitrogens is 1. The Hall–Kier alpha value is -3.95. The summed E-state index contributed by atoms with van der Waals surface area (Å²) in [5.74, 6) is 0.513. The molecule has 0 radical (unpaired) electrons. The summed E-state index contributed by atoms with van der Waals surface area (Å²) in [6, 6.07) is 11.2. The molecule has 0 atom stereocenters. The van der Waals surface area contributed by atoms with Gasteiger partial charge < -0.3 is 9.84 Å². The minimum Gasteiger partial charge on any atom is -0.477 e. The lowest BCUT2D eigenvalue weighted by Crippen LogP contribution is -2.49. The van der Waals surface area contributed by atoms with Crippen LogP contribution in [0.25, 0.3) is 0 Å². The second-order valence-electron chi connectivity index (χ2n) is 8.71. The van der Waals surface area contributed by atoms with Crippen LogP contribution in [0.5, 0.6) is 11.6 Å². The van der Waals surface area contributed by atoms with E-state index in [4.69, 9.17) is 9.84 Å². The molecule has 0 aliphatic heterocycles. The molecular formula is C24H27N5O5. The number of aromatic carboxylic acids is 1. The van der Waals surface area contributed by atoms with Crippen LogP contribution < -0.4 is 21.7 Å². The first kappa shape index (κ1) is 23.2. The highest BCUT2D eigenvalue weighted by molar-refractivity contribution is 5.85. The van der Waals surface area contributed by atoms with Crippen molar-refractivity contribution in [3.63, 3.8) is 0 Å². The predicted molar refractivity (Wildman–Crippen MR) is 124 cm³/mol. The molecular weight excluding hydrogens is 438 g/mol. The van der Waals surface area contributed by atoms with Gasteiger partial charge in [-0.3, -0.25) is 9.55 Å². The number of carbonyl (C=O) groups is 1. The van der Waals surface area contributed by atoms with E-state index in [0.29, 0.717) is 29.8 Å². The van der Waals surface area contributed by atoms with Crippen molar-refractivity contribution in [2.75, 3.05) is 0 Å². The Labute approximate surface area is 195 Å². The van der Waals surface area contributed by atoms with Gasteiger partial charge in [-0.1, -0.05) is 25.8 Å². The summed E-state index contributed by atoms with van der Waals surface area (Å²) < 4.78 is 8.22. The van der Waals surface area contributed by atoms with Crippen LogP contribution in [0.1, 0.15) is 43.1 Å². The number of rotatable bonds is 6. The number of carboxylic acid groups (broad SMARTS) is 1. The molecule has 1 aliphatic carbocycles. The Bertz CT molecular complexity index is 1360. The smallest absolute Gasteiger partial charge is 0.354 e. The number of ether oxygens (including phenoxy) is 1. The van der Waals surface area contributed by atoms with Crippen molar-refractivity contribution < 1.29 is 14.6 Å². The number of hydrogen-bond donors (Lipinski definition) is 2. The van der Waals surface area contributed by atoms with Gasteiger partial charge in [0.25, 0.3) is 0 Å². The van der Waals surface area contributed by atoms with Gasteiger partial charge in [-0.05, 0) is 55.0 Å². The van der Waals surface area contributed by atoms with Gasteiger partial charge in [0.1, 0.15) is 5.75 Å². The number of nitrogens with one attached hydrogen (secondary N) is 1. The van der Waals surface area contributed by atoms with E-state index in [1.807, 2.05) is 0 Å². The van der Waals surface area contributed by atoms with Crippen molar-refractivity contribution >= 4 is 11.7 Å². The summed E-state index contributed by atoms with van der Waals surface area (Å²) in [5, 5.41) is 9.06. The van der Waals surface area contributed by atoms with Gasteiger partial charge in [-0.2, -0.15) is 0 Å². The average Bonchev–Trinajstić information content (AvgIpc) is 2.83. The van der Waals surface area contributed by atoms with Crippen molar-refractivity contribution in [3.8, 4) is 11.6 Å². The molecule has 10 heteroatoms. The molecule has 3 aromatic rings. The van der Waals surface area contributed by atoms with Gasteiger partial charge >= 0.3 is 17.3 Å². The van der Waals surface area contributed by atoms with Crippen LogP contribution in [0, 0.1) is 11.8 Å². The molecule has 2 aromatic heterocycles. The van der Waals surface area contributed by atoms with Gasteiger partial charge in [0.15, 0.2) is 5.69 Å². The molecule has 4 rings (SSSR count). The summed E-state index contributed by atoms with van der Waals surface area (Å²) in [6.07, 6.45) is 4.35. The molecule has 178 valence electrons. The third-order valence-corrected chi connectivity index (χ3v) is 6.11. The first-order chi connectivity index (χ1) is 16.3. The van der Waals surface area contributed by atoms with Crippen LogP contribution in [-0.2, 0) is 13.6 Å². The van der Waals surface area contributed by atoms with E-state index in [2.05, 4.69) is 21.9 Å². The highest BCUT2D eigenvalue weighted by Gasteiger charge is 2.20. The van der Waals surface area contributed by atoms with E-state index in [1.165, 1.54) is 17.7 Å². The molecule has 2 heterocycles. The molecule has 10 nitrogen and oxygen atoms in total. The lowest BCUT2D eigenvalue weighted by Gasteiger charge is -2.26. The monoisotopic (exact) mass is 465 g/mol. The molecule has 34 heavy (non-hydrogen) atoms. The molecule has 0 saturated heterocycles. The number of aromatic nitrogens is 4. The van der Waals surface area contributed by atoms with E-state index in [1.54, 1.807) is 36.4 Å². The second-order valence-corrected chi connectivity index (χ2v) is 8.71. The van der Waals surface area contributed by atoms with Crippen molar-refractivity contribution in [2.45, 2.75) is 39.2 Å². The summed E-state index contributed by atoms with van der Waals surface area (Å²) in [6.45, 7) is 2.75. The zero-order valence-electron chi connectivity index (χ0n) is 19.1. The van der Waals surface area contributed by atoms with Crippen molar-refractivity contribution in [3.05, 3.63) is 74.7 Å². The van der Waals surface area contributed by atoms with Crippen LogP contribution in [-0.4, -0.2) is 30.2 Å². The third-order valence-electron chi connectivity index (χ3n) is 6.11. The summed E-state index contributed by atoms with van der Waals surface area (Å²) in [7, 11) is 1.45. The van der Waals surface area contributed by atoms with Crippen molar-refractivity contribution in [2.24, 2.45) is 23.9 Å². The van der Waals surface area contributed by atoms with Crippen LogP contribution in [0.15, 0.2) is 57.0 Å². The average molecular weight is 466 g/mol. The third kappa shape index (κ3) is 5.33. The molecule has 0 spiro atoms. The number of nitrogens with zero attached hydrogens (tertiary/aromatic N) is 4. The van der Waals surface area contributed by atoms with Crippen molar-refractivity contribution in [1.82, 2.24) is 19.1 Å². The van der Waals surface area contributed by atoms with Crippen molar-refractivity contribution in [1.29, 1.82) is 0 Å². The fourth-order valence-corrected chi connectivity index (χ4v) is 4.05. The quantitative estimate of drug-likeness (QED) is 0.575. The van der Waals surface area contributed by atoms with E-state index >= 15 is 0 Å². The minimum atomic E-state index is -1.14. The van der Waals surface area contributed by atoms with Crippen LogP contribution in [0.4, 0.5) is 5.69 Å². The largest absolute Gasteiger partial charge is 0.477 e. The fourth-order valence-electron chi connectivity index (χ4n) is 4.05. The Morgan fingerprint density at radius 1 is 1.15 bits per heavy atom. The maximum absolute atomic E-state index is 12.8. The predicted octanol–water partition coefficient (Wildman–Crippen LogP) is 2.82. The summed E-state index contributed by atoms with van der Waals surface area (Å²) >= 11 is 0. The van der Waals surface area contributed by atoms with E-state index in [9.17, 15) is 14.4 Å². The molecule has 0 amide bonds. The Morgan fingerprint density at radius 3 is 2.53 bits per heavy atom. The molecule has 1 saturated carbocycles. The number of pyridine rings is 1. The SMILES string of the molecule is Cn1c(=O)[nH]/c(=N\c2ccc(Oc3cccc(C(=O)O)n3)cc2)n(C[C@H]2CC[C@H](C)CC2)c1=O. The van der Waals surface area contributed by atoms with E-state index in [0.717, 1.165) is 30.3 Å². The van der Waals surface area contributed by atoms with Gasteiger partial charge in [-0.25, -0.2) is 28.9 Å². The maximum atomic E-state index is 12.8. The van der Waals surface area contributed by atoms with Crippen LogP contribution in [0.2, 0.25) is 0 Å². The molecule has 1 aliphatic rings. The molecule has 2 N–H and O–H groups in total. The number of benzene rings is 1. The Morgan fingerprint density at radius 2 is 1.85 bits per heavy atom. The summed E-state index contributed by atoms with van der Waals surface area (Å²) in [4.78, 5) is 47.3. The number of carboxylic acids is 1. The van der Waals surface area contributed by atoms with Gasteiger partial charge in [0.2, 0.25) is 11.5 Å². The zero-order chi connectivity index (χ0) is 24.2. The first-order valence-electron chi connectivity index (χ1n) is 11.2.